The van der Waals surface area contributed by atoms with Crippen molar-refractivity contribution in [3.63, 3.8) is 0 Å². The number of aliphatic hydroxyl groups is 1. The number of hydrogen-bond donors (Lipinski definition) is 2. The Morgan fingerprint density at radius 1 is 1.33 bits per heavy atom. The molecule has 2 nitrogen and oxygen atoms in total. The number of aliphatic hydroxyl groups excluding tert-OH is 1. The third kappa shape index (κ3) is 5.56. The monoisotopic (exact) mass is 173 g/mol. The van der Waals surface area contributed by atoms with Crippen LogP contribution in [0.4, 0.5) is 0 Å². The normalized spacial score (nSPS) is 14.8. The number of hydrogen-bond acceptors (Lipinski definition) is 2. The van der Waals surface area contributed by atoms with E-state index in [4.69, 9.17) is 10.8 Å². The highest BCUT2D eigenvalue weighted by Crippen LogP contribution is 2.22. The summed E-state index contributed by atoms with van der Waals surface area (Å²) in [6, 6.07) is 0.320. The van der Waals surface area contributed by atoms with E-state index in [2.05, 4.69) is 20.8 Å². The minimum Gasteiger partial charge on any atom is -0.396 e. The molecule has 0 aromatic heterocycles. The van der Waals surface area contributed by atoms with Gasteiger partial charge in [-0.1, -0.05) is 27.2 Å². The van der Waals surface area contributed by atoms with Gasteiger partial charge in [0.15, 0.2) is 0 Å². The van der Waals surface area contributed by atoms with Gasteiger partial charge in [0.25, 0.3) is 0 Å². The molecule has 0 aromatic carbocycles. The van der Waals surface area contributed by atoms with Crippen LogP contribution in [0.3, 0.4) is 0 Å². The van der Waals surface area contributed by atoms with Gasteiger partial charge in [0.2, 0.25) is 0 Å². The molecule has 0 radical (unpaired) electrons. The fourth-order valence-electron chi connectivity index (χ4n) is 1.17. The first-order valence-corrected chi connectivity index (χ1v) is 4.88. The molecule has 2 heteroatoms. The Balaban J connectivity index is 3.52. The van der Waals surface area contributed by atoms with E-state index >= 15 is 0 Å². The van der Waals surface area contributed by atoms with Crippen molar-refractivity contribution in [3.05, 3.63) is 0 Å². The van der Waals surface area contributed by atoms with Crippen LogP contribution >= 0.6 is 0 Å². The minimum absolute atomic E-state index is 0.0470. The molecule has 0 aliphatic rings. The Bertz CT molecular complexity index is 112. The highest BCUT2D eigenvalue weighted by atomic mass is 16.3. The second-order valence-electron chi connectivity index (χ2n) is 4.41. The zero-order valence-corrected chi connectivity index (χ0v) is 8.64. The summed E-state index contributed by atoms with van der Waals surface area (Å²) in [6.45, 7) is 6.56. The predicted molar refractivity (Wildman–Crippen MR) is 53.0 cm³/mol. The minimum atomic E-state index is 0.0470. The Morgan fingerprint density at radius 2 is 1.92 bits per heavy atom. The topological polar surface area (TPSA) is 46.2 Å². The lowest BCUT2D eigenvalue weighted by Gasteiger charge is -2.23. The molecular formula is C10H23NO. The van der Waals surface area contributed by atoms with Gasteiger partial charge in [-0.2, -0.15) is 0 Å². The van der Waals surface area contributed by atoms with Crippen LogP contribution in [0.25, 0.3) is 0 Å². The first-order chi connectivity index (χ1) is 5.52. The van der Waals surface area contributed by atoms with Crippen molar-refractivity contribution in [1.82, 2.24) is 0 Å². The first-order valence-electron chi connectivity index (χ1n) is 4.88. The summed E-state index contributed by atoms with van der Waals surface area (Å²) in [7, 11) is 0. The van der Waals surface area contributed by atoms with Crippen LogP contribution in [0.5, 0.6) is 0 Å². The lowest BCUT2D eigenvalue weighted by atomic mass is 9.87. The van der Waals surface area contributed by atoms with Crippen molar-refractivity contribution in [3.8, 4) is 0 Å². The molecule has 0 saturated carbocycles. The van der Waals surface area contributed by atoms with E-state index in [0.717, 1.165) is 25.7 Å². The molecule has 0 aromatic rings. The van der Waals surface area contributed by atoms with Crippen molar-refractivity contribution in [1.29, 1.82) is 0 Å². The maximum absolute atomic E-state index is 9.00. The number of rotatable bonds is 6. The third-order valence-corrected chi connectivity index (χ3v) is 2.28. The summed E-state index contributed by atoms with van der Waals surface area (Å²) in [5, 5.41) is 9.00. The van der Waals surface area contributed by atoms with Crippen molar-refractivity contribution in [2.24, 2.45) is 11.1 Å². The van der Waals surface area contributed by atoms with Crippen LogP contribution in [0, 0.1) is 5.41 Å². The second kappa shape index (κ2) is 5.55. The van der Waals surface area contributed by atoms with Gasteiger partial charge in [-0.05, 0) is 24.7 Å². The van der Waals surface area contributed by atoms with Crippen molar-refractivity contribution >= 4 is 0 Å². The van der Waals surface area contributed by atoms with Gasteiger partial charge in [0, 0.05) is 12.6 Å². The quantitative estimate of drug-likeness (QED) is 0.644. The molecule has 0 spiro atoms. The van der Waals surface area contributed by atoms with E-state index in [1.807, 2.05) is 0 Å². The van der Waals surface area contributed by atoms with Gasteiger partial charge < -0.3 is 10.8 Å². The van der Waals surface area contributed by atoms with Crippen molar-refractivity contribution < 1.29 is 5.11 Å². The summed E-state index contributed by atoms with van der Waals surface area (Å²) in [5.74, 6) is 0. The molecular weight excluding hydrogens is 150 g/mol. The van der Waals surface area contributed by atoms with Gasteiger partial charge in [0.1, 0.15) is 0 Å². The second-order valence-corrected chi connectivity index (χ2v) is 4.41. The smallest absolute Gasteiger partial charge is 0.0482 e. The van der Waals surface area contributed by atoms with E-state index in [0.29, 0.717) is 6.04 Å². The van der Waals surface area contributed by atoms with Crippen LogP contribution in [-0.2, 0) is 0 Å². The van der Waals surface area contributed by atoms with Gasteiger partial charge >= 0.3 is 0 Å². The molecule has 0 heterocycles. The fraction of sp³-hybridized carbons (Fsp3) is 1.00. The molecule has 3 N–H and O–H groups in total. The highest BCUT2D eigenvalue weighted by Gasteiger charge is 2.17. The van der Waals surface area contributed by atoms with Crippen LogP contribution in [0.2, 0.25) is 0 Å². The van der Waals surface area contributed by atoms with Crippen LogP contribution < -0.4 is 5.73 Å². The first kappa shape index (κ1) is 11.9. The lowest BCUT2D eigenvalue weighted by molar-refractivity contribution is 0.145. The summed E-state index contributed by atoms with van der Waals surface area (Å²) >= 11 is 0. The van der Waals surface area contributed by atoms with Gasteiger partial charge in [-0.15, -0.1) is 0 Å². The predicted octanol–water partition coefficient (Wildman–Crippen LogP) is 1.91. The molecule has 0 aliphatic heterocycles. The molecule has 0 bridgehead atoms. The number of nitrogens with two attached hydrogens (primary N) is 1. The molecule has 0 rings (SSSR count). The Morgan fingerprint density at radius 3 is 2.33 bits per heavy atom. The summed E-state index contributed by atoms with van der Waals surface area (Å²) in [4.78, 5) is 0. The Hall–Kier alpha value is -0.0800. The van der Waals surface area contributed by atoms with Crippen molar-refractivity contribution in [2.45, 2.75) is 52.5 Å². The maximum Gasteiger partial charge on any atom is 0.0482 e. The van der Waals surface area contributed by atoms with Gasteiger partial charge in [0.05, 0.1) is 0 Å². The fourth-order valence-corrected chi connectivity index (χ4v) is 1.17. The standard InChI is InChI=1S/C10H23NO/c1-4-5-9(11)6-7-10(2,3)8-12/h9,12H,4-8,11H2,1-3H3. The van der Waals surface area contributed by atoms with Crippen LogP contribution in [-0.4, -0.2) is 17.8 Å². The van der Waals surface area contributed by atoms with E-state index in [9.17, 15) is 0 Å². The van der Waals surface area contributed by atoms with Crippen LogP contribution in [0.15, 0.2) is 0 Å². The average Bonchev–Trinajstić information content (AvgIpc) is 2.02. The molecule has 0 fully saturated rings. The Kier molecular flexibility index (Phi) is 5.51. The highest BCUT2D eigenvalue weighted by molar-refractivity contribution is 4.70. The van der Waals surface area contributed by atoms with E-state index in [1.54, 1.807) is 0 Å². The van der Waals surface area contributed by atoms with Gasteiger partial charge in [-0.25, -0.2) is 0 Å². The summed E-state index contributed by atoms with van der Waals surface area (Å²) in [6.07, 6.45) is 4.30. The van der Waals surface area contributed by atoms with Crippen LogP contribution in [0.1, 0.15) is 46.5 Å². The molecule has 74 valence electrons. The molecule has 1 unspecified atom stereocenters. The van der Waals surface area contributed by atoms with E-state index in [1.165, 1.54) is 0 Å². The molecule has 1 atom stereocenters. The zero-order chi connectivity index (χ0) is 9.61. The molecule has 0 amide bonds. The maximum atomic E-state index is 9.00. The Labute approximate surface area is 76.2 Å². The SMILES string of the molecule is CCCC(N)CCC(C)(C)CO. The van der Waals surface area contributed by atoms with E-state index < -0.39 is 0 Å². The molecule has 12 heavy (non-hydrogen) atoms. The molecule has 0 saturated heterocycles. The largest absolute Gasteiger partial charge is 0.396 e. The lowest BCUT2D eigenvalue weighted by Crippen LogP contribution is -2.24. The summed E-state index contributed by atoms with van der Waals surface area (Å²) < 4.78 is 0. The van der Waals surface area contributed by atoms with E-state index in [-0.39, 0.29) is 12.0 Å². The molecule has 0 aliphatic carbocycles. The van der Waals surface area contributed by atoms with Crippen molar-refractivity contribution in [2.75, 3.05) is 6.61 Å². The third-order valence-electron chi connectivity index (χ3n) is 2.28. The van der Waals surface area contributed by atoms with Gasteiger partial charge in [-0.3, -0.25) is 0 Å². The average molecular weight is 173 g/mol. The zero-order valence-electron chi connectivity index (χ0n) is 8.64. The summed E-state index contributed by atoms with van der Waals surface area (Å²) in [5.41, 5.74) is 5.91.